The quantitative estimate of drug-likeness (QED) is 0.938. The van der Waals surface area contributed by atoms with Crippen LogP contribution in [0.4, 0.5) is 4.39 Å². The van der Waals surface area contributed by atoms with Crippen LogP contribution in [0.15, 0.2) is 24.4 Å². The van der Waals surface area contributed by atoms with Gasteiger partial charge in [-0.25, -0.2) is 4.39 Å². The molecule has 0 amide bonds. The van der Waals surface area contributed by atoms with E-state index in [0.717, 1.165) is 0 Å². The zero-order chi connectivity index (χ0) is 14.0. The second kappa shape index (κ2) is 5.59. The van der Waals surface area contributed by atoms with Crippen molar-refractivity contribution in [1.82, 2.24) is 9.78 Å². The molecule has 4 nitrogen and oxygen atoms in total. The highest BCUT2D eigenvalue weighted by molar-refractivity contribution is 6.31. The van der Waals surface area contributed by atoms with E-state index in [4.69, 9.17) is 22.1 Å². The molecule has 0 spiro atoms. The topological polar surface area (TPSA) is 53.1 Å². The van der Waals surface area contributed by atoms with E-state index in [1.54, 1.807) is 37.2 Å². The van der Waals surface area contributed by atoms with Crippen LogP contribution in [-0.4, -0.2) is 16.9 Å². The molecule has 6 heteroatoms. The summed E-state index contributed by atoms with van der Waals surface area (Å²) in [4.78, 5) is 0. The second-order valence-corrected chi connectivity index (χ2v) is 4.64. The maximum Gasteiger partial charge on any atom is 0.161 e. The van der Waals surface area contributed by atoms with E-state index >= 15 is 0 Å². The maximum absolute atomic E-state index is 13.7. The molecule has 102 valence electrons. The van der Waals surface area contributed by atoms with Crippen molar-refractivity contribution in [1.29, 1.82) is 0 Å². The molecular formula is C13H15ClFN3O. The van der Waals surface area contributed by atoms with Crippen molar-refractivity contribution in [2.45, 2.75) is 12.5 Å². The third-order valence-electron chi connectivity index (χ3n) is 3.01. The number of hydrogen-bond acceptors (Lipinski definition) is 3. The first kappa shape index (κ1) is 13.8. The number of aromatic nitrogens is 2. The number of hydrogen-bond donors (Lipinski definition) is 1. The molecule has 2 N–H and O–H groups in total. The molecular weight excluding hydrogens is 269 g/mol. The standard InChI is InChI=1S/C13H15ClFN3O/c1-18-13(12(19-2)7-17-18)11(16)6-8-9(14)4-3-5-10(8)15/h3-5,7,11H,6,16H2,1-2H3. The molecule has 1 aromatic heterocycles. The van der Waals surface area contributed by atoms with Crippen LogP contribution in [0.3, 0.4) is 0 Å². The van der Waals surface area contributed by atoms with Crippen LogP contribution in [-0.2, 0) is 13.5 Å². The van der Waals surface area contributed by atoms with Gasteiger partial charge in [-0.15, -0.1) is 0 Å². The summed E-state index contributed by atoms with van der Waals surface area (Å²) in [5.41, 5.74) is 7.23. The van der Waals surface area contributed by atoms with Gasteiger partial charge in [0.25, 0.3) is 0 Å². The normalized spacial score (nSPS) is 12.5. The first-order valence-electron chi connectivity index (χ1n) is 5.79. The van der Waals surface area contributed by atoms with Gasteiger partial charge >= 0.3 is 0 Å². The van der Waals surface area contributed by atoms with Gasteiger partial charge in [0.1, 0.15) is 5.82 Å². The molecule has 0 saturated carbocycles. The Morgan fingerprint density at radius 2 is 2.26 bits per heavy atom. The fourth-order valence-corrected chi connectivity index (χ4v) is 2.29. The summed E-state index contributed by atoms with van der Waals surface area (Å²) >= 11 is 6.00. The lowest BCUT2D eigenvalue weighted by Gasteiger charge is -2.15. The van der Waals surface area contributed by atoms with Gasteiger partial charge in [0.2, 0.25) is 0 Å². The van der Waals surface area contributed by atoms with E-state index in [1.165, 1.54) is 6.07 Å². The Balaban J connectivity index is 2.31. The van der Waals surface area contributed by atoms with Crippen molar-refractivity contribution in [2.75, 3.05) is 7.11 Å². The molecule has 0 fully saturated rings. The molecule has 0 saturated heterocycles. The summed E-state index contributed by atoms with van der Waals surface area (Å²) in [6.07, 6.45) is 1.86. The van der Waals surface area contributed by atoms with Gasteiger partial charge in [0, 0.05) is 17.6 Å². The average Bonchev–Trinajstić information content (AvgIpc) is 2.75. The van der Waals surface area contributed by atoms with Gasteiger partial charge in [-0.2, -0.15) is 5.10 Å². The Kier molecular flexibility index (Phi) is 4.07. The van der Waals surface area contributed by atoms with Crippen LogP contribution in [0, 0.1) is 5.82 Å². The molecule has 1 unspecified atom stereocenters. The third-order valence-corrected chi connectivity index (χ3v) is 3.36. The van der Waals surface area contributed by atoms with Crippen molar-refractivity contribution in [3.05, 3.63) is 46.5 Å². The molecule has 2 aromatic rings. The van der Waals surface area contributed by atoms with E-state index in [0.29, 0.717) is 22.0 Å². The summed E-state index contributed by atoms with van der Waals surface area (Å²) < 4.78 is 20.6. The van der Waals surface area contributed by atoms with Crippen LogP contribution in [0.2, 0.25) is 5.02 Å². The highest BCUT2D eigenvalue weighted by atomic mass is 35.5. The smallest absolute Gasteiger partial charge is 0.161 e. The molecule has 1 aromatic carbocycles. The number of methoxy groups -OCH3 is 1. The predicted molar refractivity (Wildman–Crippen MR) is 71.8 cm³/mol. The fourth-order valence-electron chi connectivity index (χ4n) is 2.05. The van der Waals surface area contributed by atoms with E-state index in [1.807, 2.05) is 0 Å². The zero-order valence-electron chi connectivity index (χ0n) is 10.7. The van der Waals surface area contributed by atoms with Crippen LogP contribution in [0.25, 0.3) is 0 Å². The summed E-state index contributed by atoms with van der Waals surface area (Å²) in [6, 6.07) is 4.13. The minimum atomic E-state index is -0.447. The summed E-state index contributed by atoms with van der Waals surface area (Å²) in [5.74, 6) is 0.228. The minimum absolute atomic E-state index is 0.279. The number of nitrogens with zero attached hydrogens (tertiary/aromatic N) is 2. The van der Waals surface area contributed by atoms with Gasteiger partial charge in [-0.05, 0) is 18.6 Å². The van der Waals surface area contributed by atoms with Crippen molar-refractivity contribution < 1.29 is 9.13 Å². The third kappa shape index (κ3) is 2.72. The number of aryl methyl sites for hydroxylation is 1. The Bertz CT molecular complexity index is 565. The zero-order valence-corrected chi connectivity index (χ0v) is 11.5. The lowest BCUT2D eigenvalue weighted by atomic mass is 10.0. The Morgan fingerprint density at radius 3 is 2.89 bits per heavy atom. The number of benzene rings is 1. The van der Waals surface area contributed by atoms with Crippen LogP contribution in [0.5, 0.6) is 5.75 Å². The molecule has 19 heavy (non-hydrogen) atoms. The molecule has 0 aliphatic heterocycles. The van der Waals surface area contributed by atoms with Crippen LogP contribution >= 0.6 is 11.6 Å². The predicted octanol–water partition coefficient (Wildman–Crippen LogP) is 2.46. The first-order chi connectivity index (χ1) is 9.04. The van der Waals surface area contributed by atoms with Crippen LogP contribution < -0.4 is 10.5 Å². The first-order valence-corrected chi connectivity index (χ1v) is 6.16. The number of rotatable bonds is 4. The Labute approximate surface area is 115 Å². The monoisotopic (exact) mass is 283 g/mol. The molecule has 0 aliphatic carbocycles. The fraction of sp³-hybridized carbons (Fsp3) is 0.308. The van der Waals surface area contributed by atoms with E-state index in [-0.39, 0.29) is 12.2 Å². The molecule has 0 bridgehead atoms. The second-order valence-electron chi connectivity index (χ2n) is 4.23. The summed E-state index contributed by atoms with van der Waals surface area (Å²) in [5, 5.41) is 4.45. The van der Waals surface area contributed by atoms with Gasteiger partial charge in [-0.1, -0.05) is 17.7 Å². The van der Waals surface area contributed by atoms with Crippen molar-refractivity contribution in [3.63, 3.8) is 0 Å². The molecule has 2 rings (SSSR count). The van der Waals surface area contributed by atoms with Gasteiger partial charge < -0.3 is 10.5 Å². The van der Waals surface area contributed by atoms with Crippen LogP contribution in [0.1, 0.15) is 17.3 Å². The number of ether oxygens (including phenoxy) is 1. The van der Waals surface area contributed by atoms with Gasteiger partial charge in [0.05, 0.1) is 25.0 Å². The number of halogens is 2. The van der Waals surface area contributed by atoms with Crippen molar-refractivity contribution >= 4 is 11.6 Å². The Hall–Kier alpha value is -1.59. The molecule has 1 heterocycles. The van der Waals surface area contributed by atoms with Crippen molar-refractivity contribution in [2.24, 2.45) is 12.8 Å². The lowest BCUT2D eigenvalue weighted by Crippen LogP contribution is -2.18. The van der Waals surface area contributed by atoms with E-state index in [2.05, 4.69) is 5.10 Å². The Morgan fingerprint density at radius 1 is 1.53 bits per heavy atom. The highest BCUT2D eigenvalue weighted by Crippen LogP contribution is 2.28. The largest absolute Gasteiger partial charge is 0.493 e. The molecule has 0 radical (unpaired) electrons. The summed E-state index contributed by atoms with van der Waals surface area (Å²) in [7, 11) is 3.31. The van der Waals surface area contributed by atoms with E-state index < -0.39 is 6.04 Å². The van der Waals surface area contributed by atoms with E-state index in [9.17, 15) is 4.39 Å². The minimum Gasteiger partial charge on any atom is -0.493 e. The average molecular weight is 284 g/mol. The summed E-state index contributed by atoms with van der Waals surface area (Å²) in [6.45, 7) is 0. The molecule has 1 atom stereocenters. The SMILES string of the molecule is COc1cnn(C)c1C(N)Cc1c(F)cccc1Cl. The molecule has 0 aliphatic rings. The highest BCUT2D eigenvalue weighted by Gasteiger charge is 2.20. The van der Waals surface area contributed by atoms with Gasteiger partial charge in [-0.3, -0.25) is 4.68 Å². The number of nitrogens with two attached hydrogens (primary N) is 1. The van der Waals surface area contributed by atoms with Crippen molar-refractivity contribution in [3.8, 4) is 5.75 Å². The maximum atomic E-state index is 13.7. The lowest BCUT2D eigenvalue weighted by molar-refractivity contribution is 0.402. The van der Waals surface area contributed by atoms with Gasteiger partial charge in [0.15, 0.2) is 5.75 Å².